The van der Waals surface area contributed by atoms with Crippen molar-refractivity contribution in [1.82, 2.24) is 5.32 Å². The summed E-state index contributed by atoms with van der Waals surface area (Å²) in [6.45, 7) is 12.3. The van der Waals surface area contributed by atoms with Crippen LogP contribution in [0.5, 0.6) is 0 Å². The monoisotopic (exact) mass is 283 g/mol. The van der Waals surface area contributed by atoms with Gasteiger partial charge in [0.1, 0.15) is 0 Å². The van der Waals surface area contributed by atoms with Gasteiger partial charge in [0.15, 0.2) is 0 Å². The van der Waals surface area contributed by atoms with Crippen LogP contribution in [0.2, 0.25) is 0 Å². The molecule has 0 aromatic heterocycles. The van der Waals surface area contributed by atoms with Crippen LogP contribution in [0, 0.1) is 11.8 Å². The zero-order valence-electron chi connectivity index (χ0n) is 14.3. The van der Waals surface area contributed by atoms with Gasteiger partial charge in [-0.15, -0.1) is 0 Å². The van der Waals surface area contributed by atoms with Gasteiger partial charge in [0, 0.05) is 13.2 Å². The smallest absolute Gasteiger partial charge is 0.0806 e. The summed E-state index contributed by atoms with van der Waals surface area (Å²) in [4.78, 5) is 0. The van der Waals surface area contributed by atoms with Crippen molar-refractivity contribution < 1.29 is 4.74 Å². The molecule has 1 aliphatic rings. The Morgan fingerprint density at radius 1 is 1.15 bits per heavy atom. The molecule has 2 nitrogen and oxygen atoms in total. The predicted molar refractivity (Wildman–Crippen MR) is 88.2 cm³/mol. The first-order valence-electron chi connectivity index (χ1n) is 9.00. The van der Waals surface area contributed by atoms with Crippen LogP contribution >= 0.6 is 0 Å². The van der Waals surface area contributed by atoms with E-state index in [1.54, 1.807) is 0 Å². The highest BCUT2D eigenvalue weighted by molar-refractivity contribution is 4.89. The molecule has 2 heteroatoms. The quantitative estimate of drug-likeness (QED) is 0.583. The Balaban J connectivity index is 2.46. The van der Waals surface area contributed by atoms with Crippen LogP contribution in [0.4, 0.5) is 0 Å². The van der Waals surface area contributed by atoms with E-state index in [2.05, 4.69) is 33.0 Å². The van der Waals surface area contributed by atoms with Crippen LogP contribution in [0.1, 0.15) is 79.1 Å². The largest absolute Gasteiger partial charge is 0.373 e. The molecule has 20 heavy (non-hydrogen) atoms. The molecule has 0 bridgehead atoms. The Morgan fingerprint density at radius 2 is 1.85 bits per heavy atom. The topological polar surface area (TPSA) is 21.3 Å². The highest BCUT2D eigenvalue weighted by Gasteiger charge is 2.35. The van der Waals surface area contributed by atoms with Crippen LogP contribution in [-0.2, 0) is 4.74 Å². The van der Waals surface area contributed by atoms with Gasteiger partial charge >= 0.3 is 0 Å². The molecule has 1 fully saturated rings. The Hall–Kier alpha value is -0.0800. The minimum Gasteiger partial charge on any atom is -0.373 e. The molecule has 0 amide bonds. The maximum absolute atomic E-state index is 6.46. The lowest BCUT2D eigenvalue weighted by molar-refractivity contribution is -0.0878. The lowest BCUT2D eigenvalue weighted by Crippen LogP contribution is -2.46. The highest BCUT2D eigenvalue weighted by Crippen LogP contribution is 2.36. The maximum Gasteiger partial charge on any atom is 0.0806 e. The van der Waals surface area contributed by atoms with Crippen molar-refractivity contribution in [3.8, 4) is 0 Å². The number of ether oxygens (including phenoxy) is 1. The fourth-order valence-electron chi connectivity index (χ4n) is 3.37. The Morgan fingerprint density at radius 3 is 2.40 bits per heavy atom. The van der Waals surface area contributed by atoms with Crippen molar-refractivity contribution in [2.75, 3.05) is 19.7 Å². The summed E-state index contributed by atoms with van der Waals surface area (Å²) in [6.07, 6.45) is 10.3. The molecule has 0 radical (unpaired) electrons. The van der Waals surface area contributed by atoms with Crippen molar-refractivity contribution in [1.29, 1.82) is 0 Å². The van der Waals surface area contributed by atoms with Gasteiger partial charge in [0.2, 0.25) is 0 Å². The number of hydrogen-bond acceptors (Lipinski definition) is 2. The molecule has 1 N–H and O–H groups in total. The van der Waals surface area contributed by atoms with Crippen molar-refractivity contribution >= 4 is 0 Å². The molecule has 0 spiro atoms. The average molecular weight is 284 g/mol. The summed E-state index contributed by atoms with van der Waals surface area (Å²) in [7, 11) is 0. The molecule has 0 saturated heterocycles. The lowest BCUT2D eigenvalue weighted by Gasteiger charge is -2.41. The minimum absolute atomic E-state index is 0.128. The SMILES string of the molecule is CCCNCC1(OCC(C)CCC)CCC(CC)CC1. The van der Waals surface area contributed by atoms with Crippen molar-refractivity contribution in [2.24, 2.45) is 11.8 Å². The molecule has 1 aliphatic carbocycles. The summed E-state index contributed by atoms with van der Waals surface area (Å²) >= 11 is 0. The zero-order chi connectivity index (χ0) is 14.8. The van der Waals surface area contributed by atoms with Crippen molar-refractivity contribution in [2.45, 2.75) is 84.7 Å². The summed E-state index contributed by atoms with van der Waals surface area (Å²) < 4.78 is 6.46. The lowest BCUT2D eigenvalue weighted by atomic mass is 9.77. The van der Waals surface area contributed by atoms with Gasteiger partial charge in [0.05, 0.1) is 5.60 Å². The first kappa shape index (κ1) is 18.0. The second-order valence-electron chi connectivity index (χ2n) is 6.92. The third-order valence-corrected chi connectivity index (χ3v) is 4.92. The second-order valence-corrected chi connectivity index (χ2v) is 6.92. The molecular weight excluding hydrogens is 246 g/mol. The maximum atomic E-state index is 6.46. The van der Waals surface area contributed by atoms with Crippen LogP contribution in [0.3, 0.4) is 0 Å². The standard InChI is InChI=1S/C18H37NO/c1-5-8-16(4)14-20-18(15-19-13-6-2)11-9-17(7-3)10-12-18/h16-17,19H,5-15H2,1-4H3. The molecule has 0 aliphatic heterocycles. The normalized spacial score (nSPS) is 28.5. The van der Waals surface area contributed by atoms with Crippen LogP contribution < -0.4 is 5.32 Å². The number of rotatable bonds is 10. The first-order valence-corrected chi connectivity index (χ1v) is 9.00. The van der Waals surface area contributed by atoms with E-state index in [9.17, 15) is 0 Å². The van der Waals surface area contributed by atoms with E-state index in [4.69, 9.17) is 4.74 Å². The highest BCUT2D eigenvalue weighted by atomic mass is 16.5. The van der Waals surface area contributed by atoms with Crippen molar-refractivity contribution in [3.63, 3.8) is 0 Å². The molecule has 1 atom stereocenters. The minimum atomic E-state index is 0.128. The molecule has 1 rings (SSSR count). The number of nitrogens with one attached hydrogen (secondary N) is 1. The van der Waals surface area contributed by atoms with Gasteiger partial charge in [0.25, 0.3) is 0 Å². The van der Waals surface area contributed by atoms with E-state index in [1.165, 1.54) is 51.4 Å². The second kappa shape index (κ2) is 9.78. The van der Waals surface area contributed by atoms with Gasteiger partial charge in [-0.3, -0.25) is 0 Å². The van der Waals surface area contributed by atoms with E-state index in [-0.39, 0.29) is 5.60 Å². The summed E-state index contributed by atoms with van der Waals surface area (Å²) in [5.41, 5.74) is 0.128. The molecule has 1 saturated carbocycles. The summed E-state index contributed by atoms with van der Waals surface area (Å²) in [6, 6.07) is 0. The van der Waals surface area contributed by atoms with Gasteiger partial charge in [-0.25, -0.2) is 0 Å². The van der Waals surface area contributed by atoms with E-state index >= 15 is 0 Å². The fraction of sp³-hybridized carbons (Fsp3) is 1.00. The first-order chi connectivity index (χ1) is 9.65. The molecule has 1 unspecified atom stereocenters. The predicted octanol–water partition coefficient (Wildman–Crippen LogP) is 4.78. The third kappa shape index (κ3) is 6.13. The van der Waals surface area contributed by atoms with Gasteiger partial charge in [-0.05, 0) is 56.9 Å². The van der Waals surface area contributed by atoms with E-state index < -0.39 is 0 Å². The average Bonchev–Trinajstić information content (AvgIpc) is 2.47. The Labute approximate surface area is 127 Å². The van der Waals surface area contributed by atoms with Crippen molar-refractivity contribution in [3.05, 3.63) is 0 Å². The van der Waals surface area contributed by atoms with Gasteiger partial charge in [-0.1, -0.05) is 40.5 Å². The summed E-state index contributed by atoms with van der Waals surface area (Å²) in [5.74, 6) is 1.64. The molecule has 0 aromatic rings. The van der Waals surface area contributed by atoms with Gasteiger partial charge < -0.3 is 10.1 Å². The van der Waals surface area contributed by atoms with Crippen LogP contribution in [0.15, 0.2) is 0 Å². The van der Waals surface area contributed by atoms with E-state index in [1.807, 2.05) is 0 Å². The number of hydrogen-bond donors (Lipinski definition) is 1. The fourth-order valence-corrected chi connectivity index (χ4v) is 3.37. The summed E-state index contributed by atoms with van der Waals surface area (Å²) in [5, 5.41) is 3.61. The van der Waals surface area contributed by atoms with E-state index in [0.29, 0.717) is 5.92 Å². The zero-order valence-corrected chi connectivity index (χ0v) is 14.3. The third-order valence-electron chi connectivity index (χ3n) is 4.92. The van der Waals surface area contributed by atoms with Crippen LogP contribution in [0.25, 0.3) is 0 Å². The Kier molecular flexibility index (Phi) is 8.79. The van der Waals surface area contributed by atoms with Gasteiger partial charge in [-0.2, -0.15) is 0 Å². The van der Waals surface area contributed by atoms with Crippen LogP contribution in [-0.4, -0.2) is 25.3 Å². The molecule has 120 valence electrons. The molecular formula is C18H37NO. The molecule has 0 heterocycles. The Bertz CT molecular complexity index is 228. The van der Waals surface area contributed by atoms with E-state index in [0.717, 1.165) is 25.6 Å². The molecule has 0 aromatic carbocycles.